The molecule has 1 aliphatic rings. The van der Waals surface area contributed by atoms with Crippen LogP contribution in [0.4, 0.5) is 0 Å². The van der Waals surface area contributed by atoms with Crippen LogP contribution in [0.5, 0.6) is 11.5 Å². The van der Waals surface area contributed by atoms with E-state index in [9.17, 15) is 4.79 Å². The number of rotatable bonds is 9. The highest BCUT2D eigenvalue weighted by Crippen LogP contribution is 2.20. The second-order valence-electron chi connectivity index (χ2n) is 6.30. The van der Waals surface area contributed by atoms with Gasteiger partial charge in [0.15, 0.2) is 5.11 Å². The average molecular weight is 401 g/mol. The zero-order valence-electron chi connectivity index (χ0n) is 16.1. The van der Waals surface area contributed by atoms with E-state index in [-0.39, 0.29) is 5.91 Å². The molecule has 0 radical (unpaired) electrons. The average Bonchev–Trinajstić information content (AvgIpc) is 3.24. The summed E-state index contributed by atoms with van der Waals surface area (Å²) in [5.74, 6) is 2.64. The van der Waals surface area contributed by atoms with E-state index in [1.807, 2.05) is 37.3 Å². The van der Waals surface area contributed by atoms with Gasteiger partial charge in [-0.2, -0.15) is 0 Å². The second kappa shape index (κ2) is 9.41. The molecule has 2 aromatic rings. The molecule has 1 saturated heterocycles. The van der Waals surface area contributed by atoms with Gasteiger partial charge in [-0.3, -0.25) is 9.69 Å². The maximum atomic E-state index is 12.4. The molecule has 28 heavy (non-hydrogen) atoms. The lowest BCUT2D eigenvalue weighted by Gasteiger charge is -2.12. The van der Waals surface area contributed by atoms with Crippen molar-refractivity contribution in [2.24, 2.45) is 0 Å². The summed E-state index contributed by atoms with van der Waals surface area (Å²) in [5.41, 5.74) is 0.425. The van der Waals surface area contributed by atoms with E-state index in [0.717, 1.165) is 24.3 Å². The lowest BCUT2D eigenvalue weighted by atomic mass is 10.3. The Balaban J connectivity index is 1.58. The molecule has 0 saturated carbocycles. The SMILES string of the molecule is CCCCN1C(=O)/C(=C\c2ccc(COc3ccc(OCC)cc3)o2)NC1=S. The van der Waals surface area contributed by atoms with Crippen LogP contribution in [0.25, 0.3) is 6.08 Å². The number of nitrogens with one attached hydrogen (secondary N) is 1. The van der Waals surface area contributed by atoms with Gasteiger partial charge in [0.1, 0.15) is 35.3 Å². The van der Waals surface area contributed by atoms with Gasteiger partial charge in [0.25, 0.3) is 5.91 Å². The molecule has 148 valence electrons. The lowest BCUT2D eigenvalue weighted by Crippen LogP contribution is -2.31. The molecular weight excluding hydrogens is 376 g/mol. The number of hydrogen-bond donors (Lipinski definition) is 1. The van der Waals surface area contributed by atoms with Gasteiger partial charge in [-0.15, -0.1) is 0 Å². The van der Waals surface area contributed by atoms with Gasteiger partial charge in [0.05, 0.1) is 6.61 Å². The Morgan fingerprint density at radius 3 is 2.50 bits per heavy atom. The van der Waals surface area contributed by atoms with E-state index < -0.39 is 0 Å². The highest BCUT2D eigenvalue weighted by Gasteiger charge is 2.30. The normalized spacial score (nSPS) is 15.2. The molecular formula is C21H24N2O4S. The van der Waals surface area contributed by atoms with Crippen LogP contribution >= 0.6 is 12.2 Å². The minimum atomic E-state index is -0.123. The molecule has 0 aliphatic carbocycles. The predicted octanol–water partition coefficient (Wildman–Crippen LogP) is 4.12. The van der Waals surface area contributed by atoms with Crippen LogP contribution in [0.15, 0.2) is 46.5 Å². The highest BCUT2D eigenvalue weighted by atomic mass is 32.1. The summed E-state index contributed by atoms with van der Waals surface area (Å²) in [6.45, 7) is 5.56. The molecule has 0 bridgehead atoms. The number of hydrogen-bond acceptors (Lipinski definition) is 5. The zero-order chi connectivity index (χ0) is 19.9. The molecule has 3 rings (SSSR count). The Kier molecular flexibility index (Phi) is 6.71. The molecule has 1 aromatic heterocycles. The molecule has 1 aliphatic heterocycles. The fourth-order valence-corrected chi connectivity index (χ4v) is 3.02. The summed E-state index contributed by atoms with van der Waals surface area (Å²) in [6.07, 6.45) is 3.58. The number of carbonyl (C=O) groups is 1. The van der Waals surface area contributed by atoms with E-state index in [1.165, 1.54) is 0 Å². The van der Waals surface area contributed by atoms with Crippen LogP contribution in [0.2, 0.25) is 0 Å². The first-order valence-electron chi connectivity index (χ1n) is 9.39. The predicted molar refractivity (Wildman–Crippen MR) is 111 cm³/mol. The van der Waals surface area contributed by atoms with E-state index in [0.29, 0.717) is 42.1 Å². The molecule has 1 aromatic carbocycles. The van der Waals surface area contributed by atoms with Crippen molar-refractivity contribution in [1.29, 1.82) is 0 Å². The van der Waals surface area contributed by atoms with Gasteiger partial charge < -0.3 is 19.2 Å². The van der Waals surface area contributed by atoms with Gasteiger partial charge >= 0.3 is 0 Å². The second-order valence-corrected chi connectivity index (χ2v) is 6.68. The van der Waals surface area contributed by atoms with Gasteiger partial charge in [-0.1, -0.05) is 13.3 Å². The number of benzene rings is 1. The summed E-state index contributed by atoms with van der Waals surface area (Å²) >= 11 is 5.24. The third kappa shape index (κ3) is 4.92. The molecule has 0 atom stereocenters. The Morgan fingerprint density at radius 2 is 1.82 bits per heavy atom. The maximum absolute atomic E-state index is 12.4. The summed E-state index contributed by atoms with van der Waals surface area (Å²) < 4.78 is 16.9. The van der Waals surface area contributed by atoms with Crippen molar-refractivity contribution in [3.05, 3.63) is 53.6 Å². The number of ether oxygens (including phenoxy) is 2. The first kappa shape index (κ1) is 19.9. The van der Waals surface area contributed by atoms with Crippen LogP contribution in [0.3, 0.4) is 0 Å². The number of thiocarbonyl (C=S) groups is 1. The molecule has 7 heteroatoms. The van der Waals surface area contributed by atoms with Gasteiger partial charge in [-0.05, 0) is 62.0 Å². The Morgan fingerprint density at radius 1 is 1.11 bits per heavy atom. The van der Waals surface area contributed by atoms with Gasteiger partial charge in [0, 0.05) is 12.6 Å². The third-order valence-corrected chi connectivity index (χ3v) is 4.50. The minimum absolute atomic E-state index is 0.123. The number of furan rings is 1. The zero-order valence-corrected chi connectivity index (χ0v) is 16.9. The number of unbranched alkanes of at least 4 members (excludes halogenated alkanes) is 1. The number of nitrogens with zero attached hydrogens (tertiary/aromatic N) is 1. The van der Waals surface area contributed by atoms with Crippen molar-refractivity contribution in [3.63, 3.8) is 0 Å². The first-order chi connectivity index (χ1) is 13.6. The van der Waals surface area contributed by atoms with Crippen molar-refractivity contribution in [3.8, 4) is 11.5 Å². The quantitative estimate of drug-likeness (QED) is 0.505. The Bertz CT molecular complexity index is 858. The molecule has 6 nitrogen and oxygen atoms in total. The molecule has 1 N–H and O–H groups in total. The van der Waals surface area contributed by atoms with Crippen LogP contribution < -0.4 is 14.8 Å². The van der Waals surface area contributed by atoms with Gasteiger partial charge in [0.2, 0.25) is 0 Å². The van der Waals surface area contributed by atoms with Crippen molar-refractivity contribution in [2.45, 2.75) is 33.3 Å². The van der Waals surface area contributed by atoms with Crippen LogP contribution in [0, 0.1) is 0 Å². The molecule has 1 fully saturated rings. The molecule has 2 heterocycles. The van der Waals surface area contributed by atoms with Crippen LogP contribution in [0.1, 0.15) is 38.2 Å². The van der Waals surface area contributed by atoms with Crippen molar-refractivity contribution < 1.29 is 18.7 Å². The summed E-state index contributed by atoms with van der Waals surface area (Å²) in [5, 5.41) is 3.40. The van der Waals surface area contributed by atoms with Crippen molar-refractivity contribution in [2.75, 3.05) is 13.2 Å². The van der Waals surface area contributed by atoms with E-state index >= 15 is 0 Å². The molecule has 0 spiro atoms. The molecule has 1 amide bonds. The van der Waals surface area contributed by atoms with E-state index in [1.54, 1.807) is 17.0 Å². The third-order valence-electron chi connectivity index (χ3n) is 4.18. The van der Waals surface area contributed by atoms with Gasteiger partial charge in [-0.25, -0.2) is 0 Å². The lowest BCUT2D eigenvalue weighted by molar-refractivity contribution is -0.122. The topological polar surface area (TPSA) is 63.9 Å². The minimum Gasteiger partial charge on any atom is -0.494 e. The van der Waals surface area contributed by atoms with Crippen molar-refractivity contribution >= 4 is 29.3 Å². The smallest absolute Gasteiger partial charge is 0.276 e. The largest absolute Gasteiger partial charge is 0.494 e. The van der Waals surface area contributed by atoms with E-state index in [4.69, 9.17) is 26.1 Å². The van der Waals surface area contributed by atoms with E-state index in [2.05, 4.69) is 12.2 Å². The summed E-state index contributed by atoms with van der Waals surface area (Å²) in [4.78, 5) is 14.0. The number of carbonyl (C=O) groups excluding carboxylic acids is 1. The summed E-state index contributed by atoms with van der Waals surface area (Å²) in [6, 6.07) is 11.1. The first-order valence-corrected chi connectivity index (χ1v) is 9.80. The maximum Gasteiger partial charge on any atom is 0.276 e. The van der Waals surface area contributed by atoms with Crippen LogP contribution in [-0.4, -0.2) is 29.1 Å². The summed E-state index contributed by atoms with van der Waals surface area (Å²) in [7, 11) is 0. The Labute approximate surface area is 170 Å². The fourth-order valence-electron chi connectivity index (χ4n) is 2.74. The molecule has 0 unspecified atom stereocenters. The Hall–Kier alpha value is -2.80. The highest BCUT2D eigenvalue weighted by molar-refractivity contribution is 7.80. The van der Waals surface area contributed by atoms with Crippen molar-refractivity contribution in [1.82, 2.24) is 10.2 Å². The monoisotopic (exact) mass is 400 g/mol. The number of amides is 1. The standard InChI is InChI=1S/C21H24N2O4S/c1-3-5-12-23-20(24)19(22-21(23)28)13-17-10-11-18(27-17)14-26-16-8-6-15(7-9-16)25-4-2/h6-11,13H,3-5,12,14H2,1-2H3,(H,22,28)/b19-13+. The van der Waals surface area contributed by atoms with Crippen LogP contribution in [-0.2, 0) is 11.4 Å². The fraction of sp³-hybridized carbons (Fsp3) is 0.333.